The third-order valence-electron chi connectivity index (χ3n) is 5.18. The van der Waals surface area contributed by atoms with E-state index in [1.54, 1.807) is 19.2 Å². The van der Waals surface area contributed by atoms with Gasteiger partial charge in [-0.3, -0.25) is 10.1 Å². The lowest BCUT2D eigenvalue weighted by atomic mass is 9.78. The van der Waals surface area contributed by atoms with Crippen molar-refractivity contribution in [2.75, 3.05) is 13.2 Å². The molecule has 0 aliphatic carbocycles. The molecule has 0 fully saturated rings. The van der Waals surface area contributed by atoms with E-state index >= 15 is 0 Å². The molecule has 6 nitrogen and oxygen atoms in total. The van der Waals surface area contributed by atoms with Crippen molar-refractivity contribution < 1.29 is 27.1 Å². The molecule has 0 saturated heterocycles. The third kappa shape index (κ3) is 5.87. The number of nitrogens with zero attached hydrogens (tertiary/aromatic N) is 1. The molecule has 0 saturated carbocycles. The normalized spacial score (nSPS) is 15.7. The quantitative estimate of drug-likeness (QED) is 0.645. The molecule has 0 spiro atoms. The molecular weight excluding hydrogens is 399 g/mol. The van der Waals surface area contributed by atoms with E-state index in [9.17, 15) is 18.0 Å². The molecule has 30 heavy (non-hydrogen) atoms. The van der Waals surface area contributed by atoms with Gasteiger partial charge in [-0.1, -0.05) is 6.92 Å². The number of alkyl halides is 3. The Morgan fingerprint density at radius 3 is 2.43 bits per heavy atom. The van der Waals surface area contributed by atoms with Crippen LogP contribution in [-0.4, -0.2) is 35.8 Å². The van der Waals surface area contributed by atoms with Crippen molar-refractivity contribution in [3.8, 4) is 0 Å². The number of hydrogen-bond acceptors (Lipinski definition) is 5. The van der Waals surface area contributed by atoms with Crippen molar-refractivity contribution in [3.63, 3.8) is 0 Å². The first-order valence-corrected chi connectivity index (χ1v) is 9.89. The third-order valence-corrected chi connectivity index (χ3v) is 5.18. The molecular formula is C21H30F3N3O3. The highest BCUT2D eigenvalue weighted by atomic mass is 19.4. The monoisotopic (exact) mass is 429 g/mol. The van der Waals surface area contributed by atoms with Crippen molar-refractivity contribution in [1.29, 1.82) is 0 Å². The molecule has 0 aromatic carbocycles. The Hall–Kier alpha value is -2.29. The first kappa shape index (κ1) is 24.0. The largest absolute Gasteiger partial charge is 0.474 e. The highest BCUT2D eigenvalue weighted by Gasteiger charge is 2.35. The first-order chi connectivity index (χ1) is 13.8. The maximum atomic E-state index is 12.6. The second-order valence-electron chi connectivity index (χ2n) is 8.41. The number of halogens is 3. The van der Waals surface area contributed by atoms with Crippen LogP contribution >= 0.6 is 0 Å². The number of hydrogen-bond donors (Lipinski definition) is 2. The molecule has 2 rings (SSSR count). The van der Waals surface area contributed by atoms with E-state index in [2.05, 4.69) is 15.6 Å². The lowest BCUT2D eigenvalue weighted by molar-refractivity contribution is -0.136. The Balaban J connectivity index is 2.18. The number of amides is 1. The van der Waals surface area contributed by atoms with Gasteiger partial charge in [0.2, 0.25) is 5.91 Å². The zero-order valence-corrected chi connectivity index (χ0v) is 18.3. The summed E-state index contributed by atoms with van der Waals surface area (Å²) >= 11 is 0. The van der Waals surface area contributed by atoms with E-state index in [1.807, 2.05) is 20.8 Å². The Kier molecular flexibility index (Phi) is 7.06. The molecule has 2 heterocycles. The molecule has 1 aliphatic rings. The summed E-state index contributed by atoms with van der Waals surface area (Å²) in [6.07, 6.45) is -1.10. The Morgan fingerprint density at radius 1 is 1.23 bits per heavy atom. The summed E-state index contributed by atoms with van der Waals surface area (Å²) in [6, 6.07) is 0. The van der Waals surface area contributed by atoms with Crippen LogP contribution in [0.1, 0.15) is 59.1 Å². The van der Waals surface area contributed by atoms with Gasteiger partial charge in [0.05, 0.1) is 18.2 Å². The van der Waals surface area contributed by atoms with Crippen molar-refractivity contribution >= 4 is 5.91 Å². The highest BCUT2D eigenvalue weighted by Crippen LogP contribution is 2.37. The van der Waals surface area contributed by atoms with Crippen LogP contribution in [0.2, 0.25) is 0 Å². The molecule has 0 bridgehead atoms. The van der Waals surface area contributed by atoms with E-state index in [0.29, 0.717) is 18.3 Å². The molecule has 9 heteroatoms. The van der Waals surface area contributed by atoms with Crippen LogP contribution in [0.3, 0.4) is 0 Å². The van der Waals surface area contributed by atoms with Crippen molar-refractivity contribution in [2.24, 2.45) is 0 Å². The van der Waals surface area contributed by atoms with E-state index in [0.717, 1.165) is 17.6 Å². The van der Waals surface area contributed by atoms with Gasteiger partial charge in [-0.05, 0) is 45.3 Å². The fourth-order valence-electron chi connectivity index (χ4n) is 3.15. The minimum absolute atomic E-state index is 0.252. The average molecular weight is 429 g/mol. The van der Waals surface area contributed by atoms with Crippen molar-refractivity contribution in [3.05, 3.63) is 41.0 Å². The smallest absolute Gasteiger partial charge is 0.390 e. The summed E-state index contributed by atoms with van der Waals surface area (Å²) in [7, 11) is 0. The first-order valence-electron chi connectivity index (χ1n) is 9.89. The standard InChI is InChI=1S/C21H30F3N3O3/c1-7-14-12-29-17(10-15(14)19(3,4)16-11-25-13(2)30-16)27-18(28)20(5,6)26-9-8-21(22,23)24/h10-11,26H,7-9,12H2,1-6H3,(H,27,28). The van der Waals surface area contributed by atoms with Crippen LogP contribution in [0.5, 0.6) is 0 Å². The summed E-state index contributed by atoms with van der Waals surface area (Å²) in [5.74, 6) is 1.03. The Morgan fingerprint density at radius 2 is 1.90 bits per heavy atom. The number of nitrogens with one attached hydrogen (secondary N) is 2. The predicted octanol–water partition coefficient (Wildman–Crippen LogP) is 4.28. The number of aromatic nitrogens is 1. The number of carbonyl (C=O) groups is 1. The van der Waals surface area contributed by atoms with Crippen molar-refractivity contribution in [1.82, 2.24) is 15.6 Å². The lowest BCUT2D eigenvalue weighted by Crippen LogP contribution is -2.53. The second kappa shape index (κ2) is 8.83. The van der Waals surface area contributed by atoms with Gasteiger partial charge in [-0.15, -0.1) is 0 Å². The maximum Gasteiger partial charge on any atom is 0.390 e. The molecule has 1 aliphatic heterocycles. The molecule has 1 amide bonds. The maximum absolute atomic E-state index is 12.6. The average Bonchev–Trinajstić information content (AvgIpc) is 3.07. The fourth-order valence-corrected chi connectivity index (χ4v) is 3.15. The summed E-state index contributed by atoms with van der Waals surface area (Å²) in [4.78, 5) is 16.8. The highest BCUT2D eigenvalue weighted by molar-refractivity contribution is 5.86. The summed E-state index contributed by atoms with van der Waals surface area (Å²) in [6.45, 7) is 10.8. The van der Waals surface area contributed by atoms with Gasteiger partial charge in [-0.2, -0.15) is 13.2 Å². The Labute approximate surface area is 175 Å². The van der Waals surface area contributed by atoms with Gasteiger partial charge in [0, 0.05) is 25.0 Å². The van der Waals surface area contributed by atoms with Gasteiger partial charge in [0.1, 0.15) is 12.4 Å². The van der Waals surface area contributed by atoms with E-state index in [4.69, 9.17) is 9.15 Å². The zero-order chi connectivity index (χ0) is 22.7. The molecule has 0 atom stereocenters. The molecule has 168 valence electrons. The fraction of sp³-hybridized carbons (Fsp3) is 0.619. The summed E-state index contributed by atoms with van der Waals surface area (Å²) < 4.78 is 48.6. The van der Waals surface area contributed by atoms with Gasteiger partial charge in [-0.25, -0.2) is 4.98 Å². The lowest BCUT2D eigenvalue weighted by Gasteiger charge is -2.32. The number of allylic oxidation sites excluding steroid dienone is 2. The van der Waals surface area contributed by atoms with Gasteiger partial charge in [0.25, 0.3) is 0 Å². The minimum atomic E-state index is -4.28. The zero-order valence-electron chi connectivity index (χ0n) is 18.3. The predicted molar refractivity (Wildman–Crippen MR) is 107 cm³/mol. The molecule has 2 N–H and O–H groups in total. The Bertz CT molecular complexity index is 836. The number of ether oxygens (including phenoxy) is 1. The van der Waals surface area contributed by atoms with Crippen LogP contribution in [0.15, 0.2) is 33.7 Å². The van der Waals surface area contributed by atoms with Crippen molar-refractivity contribution in [2.45, 2.75) is 71.5 Å². The summed E-state index contributed by atoms with van der Waals surface area (Å²) in [5.41, 5.74) is 0.300. The molecule has 1 aromatic rings. The van der Waals surface area contributed by atoms with Crippen LogP contribution in [-0.2, 0) is 14.9 Å². The molecule has 0 unspecified atom stereocenters. The topological polar surface area (TPSA) is 76.4 Å². The van der Waals surface area contributed by atoms with E-state index in [1.165, 1.54) is 13.8 Å². The van der Waals surface area contributed by atoms with E-state index in [-0.39, 0.29) is 12.4 Å². The number of carbonyl (C=O) groups excluding carboxylic acids is 1. The van der Waals surface area contributed by atoms with Crippen LogP contribution in [0.25, 0.3) is 0 Å². The molecule has 0 radical (unpaired) electrons. The van der Waals surface area contributed by atoms with Crippen LogP contribution < -0.4 is 10.6 Å². The number of oxazole rings is 1. The molecule has 1 aromatic heterocycles. The van der Waals surface area contributed by atoms with Gasteiger partial charge < -0.3 is 14.5 Å². The minimum Gasteiger partial charge on any atom is -0.474 e. The van der Waals surface area contributed by atoms with Crippen LogP contribution in [0, 0.1) is 6.92 Å². The second-order valence-corrected chi connectivity index (χ2v) is 8.41. The number of aryl methyl sites for hydroxylation is 1. The SMILES string of the molecule is CCC1=C(C(C)(C)c2cnc(C)o2)C=C(NC(=O)C(C)(C)NCCC(F)(F)F)OC1. The number of rotatable bonds is 8. The summed E-state index contributed by atoms with van der Waals surface area (Å²) in [5, 5.41) is 5.33. The van der Waals surface area contributed by atoms with Gasteiger partial charge in [0.15, 0.2) is 11.8 Å². The van der Waals surface area contributed by atoms with Gasteiger partial charge >= 0.3 is 6.18 Å². The van der Waals surface area contributed by atoms with E-state index < -0.39 is 29.5 Å². The van der Waals surface area contributed by atoms with Crippen LogP contribution in [0.4, 0.5) is 13.2 Å².